The number of aryl methyl sites for hydroxylation is 2. The van der Waals surface area contributed by atoms with E-state index in [1.165, 1.54) is 4.90 Å². The predicted octanol–water partition coefficient (Wildman–Crippen LogP) is 4.78. The molecular weight excluding hydrogens is 524 g/mol. The highest BCUT2D eigenvalue weighted by atomic mass is 16.6. The number of ether oxygens (including phenoxy) is 2. The smallest absolute Gasteiger partial charge is 0.408 e. The van der Waals surface area contributed by atoms with Crippen molar-refractivity contribution in [2.24, 2.45) is 5.73 Å². The van der Waals surface area contributed by atoms with Crippen LogP contribution in [-0.4, -0.2) is 53.0 Å². The largest absolute Gasteiger partial charge is 0.497 e. The Balaban J connectivity index is 2.68. The number of nitrogens with zero attached hydrogens (tertiary/aromatic N) is 1. The lowest BCUT2D eigenvalue weighted by Gasteiger charge is -2.45. The van der Waals surface area contributed by atoms with E-state index < -0.39 is 53.5 Å². The highest BCUT2D eigenvalue weighted by molar-refractivity contribution is 6.00. The zero-order chi connectivity index (χ0) is 31.1. The van der Waals surface area contributed by atoms with Gasteiger partial charge in [0.25, 0.3) is 5.91 Å². The van der Waals surface area contributed by atoms with Crippen molar-refractivity contribution in [3.63, 3.8) is 0 Å². The Labute approximate surface area is 242 Å². The quantitative estimate of drug-likeness (QED) is 0.356. The summed E-state index contributed by atoms with van der Waals surface area (Å²) in [6, 6.07) is 9.98. The van der Waals surface area contributed by atoms with Gasteiger partial charge in [-0.3, -0.25) is 14.4 Å². The normalized spacial score (nSPS) is 13.0. The second-order valence-electron chi connectivity index (χ2n) is 11.7. The first-order valence-electron chi connectivity index (χ1n) is 13.6. The third kappa shape index (κ3) is 9.23. The summed E-state index contributed by atoms with van der Waals surface area (Å²) in [7, 11) is 1.55. The van der Waals surface area contributed by atoms with Gasteiger partial charge in [-0.2, -0.15) is 0 Å². The minimum atomic E-state index is -1.37. The van der Waals surface area contributed by atoms with Gasteiger partial charge in [-0.1, -0.05) is 30.7 Å². The zero-order valence-corrected chi connectivity index (χ0v) is 25.6. The van der Waals surface area contributed by atoms with Crippen LogP contribution in [0.1, 0.15) is 77.1 Å². The van der Waals surface area contributed by atoms with E-state index in [0.29, 0.717) is 23.4 Å². The van der Waals surface area contributed by atoms with Gasteiger partial charge in [0, 0.05) is 11.2 Å². The summed E-state index contributed by atoms with van der Waals surface area (Å²) in [6.45, 7) is 14.4. The number of carbonyl (C=O) groups is 4. The third-order valence-corrected chi connectivity index (χ3v) is 6.73. The molecule has 2 aromatic carbocycles. The molecule has 0 spiro atoms. The summed E-state index contributed by atoms with van der Waals surface area (Å²) in [6.07, 6.45) is -0.892. The van der Waals surface area contributed by atoms with Gasteiger partial charge in [0.15, 0.2) is 0 Å². The molecule has 2 rings (SSSR count). The summed E-state index contributed by atoms with van der Waals surface area (Å²) >= 11 is 0. The van der Waals surface area contributed by atoms with E-state index in [4.69, 9.17) is 15.2 Å². The van der Waals surface area contributed by atoms with Crippen molar-refractivity contribution < 1.29 is 28.7 Å². The van der Waals surface area contributed by atoms with Gasteiger partial charge in [-0.25, -0.2) is 4.79 Å². The monoisotopic (exact) mass is 568 g/mol. The molecule has 2 aromatic rings. The van der Waals surface area contributed by atoms with Gasteiger partial charge >= 0.3 is 6.09 Å². The fourth-order valence-corrected chi connectivity index (χ4v) is 4.38. The maximum Gasteiger partial charge on any atom is 0.408 e. The van der Waals surface area contributed by atoms with E-state index in [-0.39, 0.29) is 0 Å². The third-order valence-electron chi connectivity index (χ3n) is 6.73. The molecule has 2 unspecified atom stereocenters. The first kappa shape index (κ1) is 33.1. The van der Waals surface area contributed by atoms with Gasteiger partial charge in [-0.05, 0) is 90.3 Å². The molecule has 0 aliphatic rings. The van der Waals surface area contributed by atoms with Crippen LogP contribution in [0.2, 0.25) is 0 Å². The SMILES string of the molecule is CCC(C)(C)N(C(=O)C(CC(N)=O)NC(=O)OC(C)(C)C)C(C(=O)Nc1ccc(OC)cc1)c1ccc(C)cc1C. The maximum atomic E-state index is 14.4. The molecule has 0 radical (unpaired) electrons. The van der Waals surface area contributed by atoms with Gasteiger partial charge in [0.05, 0.1) is 13.5 Å². The van der Waals surface area contributed by atoms with Crippen molar-refractivity contribution in [1.82, 2.24) is 10.2 Å². The van der Waals surface area contributed by atoms with E-state index in [9.17, 15) is 19.2 Å². The molecule has 0 bridgehead atoms. The van der Waals surface area contributed by atoms with Gasteiger partial charge in [0.2, 0.25) is 11.8 Å². The lowest BCUT2D eigenvalue weighted by molar-refractivity contribution is -0.148. The summed E-state index contributed by atoms with van der Waals surface area (Å²) in [5, 5.41) is 5.44. The second-order valence-corrected chi connectivity index (χ2v) is 11.7. The van der Waals surface area contributed by atoms with Crippen LogP contribution >= 0.6 is 0 Å². The Bertz CT molecular complexity index is 1250. The number of amides is 4. The van der Waals surface area contributed by atoms with Gasteiger partial charge < -0.3 is 30.7 Å². The summed E-state index contributed by atoms with van der Waals surface area (Å²) in [4.78, 5) is 54.7. The van der Waals surface area contributed by atoms with Gasteiger partial charge in [-0.15, -0.1) is 0 Å². The highest BCUT2D eigenvalue weighted by Crippen LogP contribution is 2.35. The molecule has 0 saturated heterocycles. The number of nitrogens with two attached hydrogens (primary N) is 1. The van der Waals surface area contributed by atoms with E-state index in [1.807, 2.05) is 52.8 Å². The molecule has 0 aliphatic heterocycles. The Kier molecular flexibility index (Phi) is 10.9. The van der Waals surface area contributed by atoms with Crippen molar-refractivity contribution in [2.75, 3.05) is 12.4 Å². The van der Waals surface area contributed by atoms with Crippen LogP contribution in [-0.2, 0) is 19.1 Å². The Morgan fingerprint density at radius 1 is 0.976 bits per heavy atom. The molecule has 2 atom stereocenters. The fraction of sp³-hybridized carbons (Fsp3) is 0.484. The standard InChI is InChI=1S/C31H44N4O6/c1-10-31(7,8)35(28(38)24(18-25(32)36)34-29(39)41-30(4,5)6)26(23-16-11-19(2)17-20(23)3)27(37)33-21-12-14-22(40-9)15-13-21/h11-17,24,26H,10,18H2,1-9H3,(H2,32,36)(H,33,37)(H,34,39). The number of hydrogen-bond acceptors (Lipinski definition) is 6. The molecule has 224 valence electrons. The van der Waals surface area contributed by atoms with E-state index in [0.717, 1.165) is 11.1 Å². The summed E-state index contributed by atoms with van der Waals surface area (Å²) < 4.78 is 10.6. The van der Waals surface area contributed by atoms with Crippen LogP contribution in [0.4, 0.5) is 10.5 Å². The van der Waals surface area contributed by atoms with Crippen molar-refractivity contribution in [3.8, 4) is 5.75 Å². The Morgan fingerprint density at radius 2 is 1.59 bits per heavy atom. The number of alkyl carbamates (subject to hydrolysis) is 1. The summed E-state index contributed by atoms with van der Waals surface area (Å²) in [5.41, 5.74) is 6.67. The molecule has 0 fully saturated rings. The molecule has 4 amide bonds. The Hall–Kier alpha value is -4.08. The second kappa shape index (κ2) is 13.5. The number of hydrogen-bond donors (Lipinski definition) is 3. The van der Waals surface area contributed by atoms with Crippen LogP contribution in [0.3, 0.4) is 0 Å². The lowest BCUT2D eigenvalue weighted by Crippen LogP contribution is -2.59. The van der Waals surface area contributed by atoms with Gasteiger partial charge in [0.1, 0.15) is 23.4 Å². The van der Waals surface area contributed by atoms with Crippen LogP contribution in [0.5, 0.6) is 5.75 Å². The number of anilines is 1. The topological polar surface area (TPSA) is 140 Å². The average Bonchev–Trinajstić information content (AvgIpc) is 2.86. The molecule has 41 heavy (non-hydrogen) atoms. The van der Waals surface area contributed by atoms with Crippen molar-refractivity contribution in [3.05, 3.63) is 59.2 Å². The minimum absolute atomic E-state index is 0.464. The van der Waals surface area contributed by atoms with Crippen molar-refractivity contribution in [2.45, 2.75) is 91.5 Å². The highest BCUT2D eigenvalue weighted by Gasteiger charge is 2.44. The number of benzene rings is 2. The number of rotatable bonds is 11. The summed E-state index contributed by atoms with van der Waals surface area (Å²) in [5.74, 6) is -1.27. The van der Waals surface area contributed by atoms with Crippen LogP contribution in [0.25, 0.3) is 0 Å². The molecule has 10 heteroatoms. The molecule has 0 aliphatic carbocycles. The minimum Gasteiger partial charge on any atom is -0.497 e. The van der Waals surface area contributed by atoms with Crippen molar-refractivity contribution >= 4 is 29.5 Å². The molecule has 0 saturated carbocycles. The average molecular weight is 569 g/mol. The Morgan fingerprint density at radius 3 is 2.07 bits per heavy atom. The molecule has 0 heterocycles. The molecule has 10 nitrogen and oxygen atoms in total. The fourth-order valence-electron chi connectivity index (χ4n) is 4.38. The zero-order valence-electron chi connectivity index (χ0n) is 25.6. The van der Waals surface area contributed by atoms with Crippen LogP contribution in [0, 0.1) is 13.8 Å². The lowest BCUT2D eigenvalue weighted by atomic mass is 9.89. The van der Waals surface area contributed by atoms with Crippen LogP contribution in [0.15, 0.2) is 42.5 Å². The predicted molar refractivity (Wildman–Crippen MR) is 158 cm³/mol. The number of nitrogens with one attached hydrogen (secondary N) is 2. The molecular formula is C31H44N4O6. The first-order valence-corrected chi connectivity index (χ1v) is 13.6. The van der Waals surface area contributed by atoms with Crippen molar-refractivity contribution in [1.29, 1.82) is 0 Å². The number of carbonyl (C=O) groups excluding carboxylic acids is 4. The number of primary amides is 1. The van der Waals surface area contributed by atoms with Crippen LogP contribution < -0.4 is 21.1 Å². The van der Waals surface area contributed by atoms with E-state index in [1.54, 1.807) is 52.1 Å². The van der Waals surface area contributed by atoms with E-state index >= 15 is 0 Å². The molecule has 4 N–H and O–H groups in total. The van der Waals surface area contributed by atoms with E-state index in [2.05, 4.69) is 10.6 Å². The first-order chi connectivity index (χ1) is 19.0. The maximum absolute atomic E-state index is 14.4. The molecule has 0 aromatic heterocycles. The number of methoxy groups -OCH3 is 1.